The molecule has 0 radical (unpaired) electrons. The Bertz CT molecular complexity index is 382. The molecule has 1 heterocycles. The summed E-state index contributed by atoms with van der Waals surface area (Å²) in [4.78, 5) is 24.4. The van der Waals surface area contributed by atoms with Crippen molar-refractivity contribution in [2.24, 2.45) is 0 Å². The Morgan fingerprint density at radius 2 is 1.95 bits per heavy atom. The molecule has 5 nitrogen and oxygen atoms in total. The maximum Gasteiger partial charge on any atom is 0.410 e. The third-order valence-electron chi connectivity index (χ3n) is 3.08. The largest absolute Gasteiger partial charge is 0.444 e. The number of nitrogens with zero attached hydrogens (tertiary/aromatic N) is 1. The van der Waals surface area contributed by atoms with E-state index in [1.54, 1.807) is 20.8 Å². The van der Waals surface area contributed by atoms with Crippen molar-refractivity contribution in [2.75, 3.05) is 19.6 Å². The van der Waals surface area contributed by atoms with Gasteiger partial charge in [-0.3, -0.25) is 4.79 Å². The first-order valence-electron chi connectivity index (χ1n) is 6.72. The van der Waals surface area contributed by atoms with Crippen molar-refractivity contribution >= 4 is 12.0 Å². The van der Waals surface area contributed by atoms with Gasteiger partial charge in [0, 0.05) is 25.9 Å². The number of nitrogens with one attached hydrogen (secondary N) is 1. The first-order chi connectivity index (χ1) is 9.15. The fraction of sp³-hybridized carbons (Fsp3) is 0.714. The summed E-state index contributed by atoms with van der Waals surface area (Å²) in [5.74, 6) is -0.392. The third kappa shape index (κ3) is 5.19. The minimum absolute atomic E-state index is 0.0555. The van der Waals surface area contributed by atoms with Gasteiger partial charge >= 0.3 is 6.09 Å². The smallest absolute Gasteiger partial charge is 0.410 e. The highest BCUT2D eigenvalue weighted by molar-refractivity contribution is 5.86. The Morgan fingerprint density at radius 1 is 1.40 bits per heavy atom. The summed E-state index contributed by atoms with van der Waals surface area (Å²) in [5, 5.41) is 2.46. The number of piperidine rings is 1. The Hall–Kier alpha value is -1.59. The van der Waals surface area contributed by atoms with Crippen molar-refractivity contribution in [3.05, 3.63) is 12.7 Å². The molecule has 1 rings (SSSR count). The van der Waals surface area contributed by atoms with Crippen LogP contribution in [0.25, 0.3) is 0 Å². The summed E-state index contributed by atoms with van der Waals surface area (Å²) in [6.07, 6.45) is 1.06. The van der Waals surface area contributed by atoms with Crippen LogP contribution in [0, 0.1) is 0 Å². The van der Waals surface area contributed by atoms with Crippen LogP contribution < -0.4 is 5.32 Å². The van der Waals surface area contributed by atoms with E-state index in [1.165, 1.54) is 4.90 Å². The molecule has 1 fully saturated rings. The molecular weight excluding hydrogens is 263 g/mol. The molecule has 1 aliphatic heterocycles. The molecule has 0 bridgehead atoms. The topological polar surface area (TPSA) is 58.6 Å². The molecule has 0 aliphatic carbocycles. The summed E-state index contributed by atoms with van der Waals surface area (Å²) in [6.45, 7) is 9.20. The number of carbonyl (C=O) groups is 2. The van der Waals surface area contributed by atoms with Crippen LogP contribution >= 0.6 is 0 Å². The molecule has 2 amide bonds. The molecule has 0 spiro atoms. The zero-order valence-corrected chi connectivity index (χ0v) is 12.4. The average molecular weight is 286 g/mol. The quantitative estimate of drug-likeness (QED) is 0.808. The van der Waals surface area contributed by atoms with Gasteiger partial charge in [-0.05, 0) is 26.8 Å². The minimum Gasteiger partial charge on any atom is -0.444 e. The normalized spacial score (nSPS) is 18.3. The first-order valence-corrected chi connectivity index (χ1v) is 6.72. The van der Waals surface area contributed by atoms with E-state index in [0.29, 0.717) is 0 Å². The highest BCUT2D eigenvalue weighted by Gasteiger charge is 2.37. The van der Waals surface area contributed by atoms with Crippen molar-refractivity contribution in [1.82, 2.24) is 10.2 Å². The van der Waals surface area contributed by atoms with E-state index in [4.69, 9.17) is 4.74 Å². The highest BCUT2D eigenvalue weighted by atomic mass is 19.1. The summed E-state index contributed by atoms with van der Waals surface area (Å²) in [5.41, 5.74) is -2.03. The molecule has 0 aromatic rings. The van der Waals surface area contributed by atoms with Gasteiger partial charge in [-0.2, -0.15) is 0 Å². The maximum absolute atomic E-state index is 14.4. The number of amides is 2. The van der Waals surface area contributed by atoms with Crippen LogP contribution in [0.15, 0.2) is 12.7 Å². The molecule has 1 aliphatic rings. The van der Waals surface area contributed by atoms with Gasteiger partial charge in [0.05, 0.1) is 6.54 Å². The number of alkyl halides is 1. The van der Waals surface area contributed by atoms with E-state index >= 15 is 0 Å². The molecule has 1 saturated heterocycles. The van der Waals surface area contributed by atoms with Crippen LogP contribution in [0.2, 0.25) is 0 Å². The van der Waals surface area contributed by atoms with Crippen molar-refractivity contribution in [1.29, 1.82) is 0 Å². The summed E-state index contributed by atoms with van der Waals surface area (Å²) in [6, 6.07) is 0. The minimum atomic E-state index is -1.48. The van der Waals surface area contributed by atoms with E-state index < -0.39 is 23.3 Å². The van der Waals surface area contributed by atoms with Gasteiger partial charge in [-0.15, -0.1) is 0 Å². The van der Waals surface area contributed by atoms with E-state index in [-0.39, 0.29) is 32.5 Å². The monoisotopic (exact) mass is 286 g/mol. The van der Waals surface area contributed by atoms with Crippen LogP contribution in [0.4, 0.5) is 9.18 Å². The number of halogens is 1. The van der Waals surface area contributed by atoms with Crippen LogP contribution in [0.5, 0.6) is 0 Å². The van der Waals surface area contributed by atoms with Crippen LogP contribution in [-0.2, 0) is 9.53 Å². The lowest BCUT2D eigenvalue weighted by atomic mass is 9.93. The van der Waals surface area contributed by atoms with Crippen LogP contribution in [0.1, 0.15) is 33.6 Å². The second-order valence-corrected chi connectivity index (χ2v) is 6.04. The van der Waals surface area contributed by atoms with Gasteiger partial charge in [0.15, 0.2) is 0 Å². The fourth-order valence-corrected chi connectivity index (χ4v) is 1.91. The van der Waals surface area contributed by atoms with Crippen molar-refractivity contribution < 1.29 is 18.7 Å². The second-order valence-electron chi connectivity index (χ2n) is 6.04. The average Bonchev–Trinajstić information content (AvgIpc) is 2.34. The van der Waals surface area contributed by atoms with Gasteiger partial charge in [-0.25, -0.2) is 9.18 Å². The SMILES string of the molecule is C=CC(=O)NCC1(F)CCN(C(=O)OC(C)(C)C)CC1. The zero-order chi connectivity index (χ0) is 15.4. The van der Waals surface area contributed by atoms with E-state index in [1.807, 2.05) is 0 Å². The van der Waals surface area contributed by atoms with Crippen LogP contribution in [0.3, 0.4) is 0 Å². The molecule has 1 N–H and O–H groups in total. The number of rotatable bonds is 3. The Balaban J connectivity index is 2.44. The van der Waals surface area contributed by atoms with Crippen molar-refractivity contribution in [3.8, 4) is 0 Å². The van der Waals surface area contributed by atoms with E-state index in [0.717, 1.165) is 6.08 Å². The molecule has 0 atom stereocenters. The van der Waals surface area contributed by atoms with Gasteiger partial charge in [0.2, 0.25) is 5.91 Å². The molecule has 6 heteroatoms. The number of hydrogen-bond donors (Lipinski definition) is 1. The van der Waals surface area contributed by atoms with E-state index in [9.17, 15) is 14.0 Å². The molecular formula is C14H23FN2O3. The predicted molar refractivity (Wildman–Crippen MR) is 74.1 cm³/mol. The third-order valence-corrected chi connectivity index (χ3v) is 3.08. The molecule has 0 unspecified atom stereocenters. The summed E-state index contributed by atoms with van der Waals surface area (Å²) in [7, 11) is 0. The Kier molecular flexibility index (Phi) is 5.14. The fourth-order valence-electron chi connectivity index (χ4n) is 1.91. The van der Waals surface area contributed by atoms with Gasteiger partial charge in [0.1, 0.15) is 11.3 Å². The Labute approximate surface area is 119 Å². The lowest BCUT2D eigenvalue weighted by Crippen LogP contribution is -2.50. The summed E-state index contributed by atoms with van der Waals surface area (Å²) >= 11 is 0. The second kappa shape index (κ2) is 6.24. The molecule has 0 aromatic carbocycles. The van der Waals surface area contributed by atoms with Crippen molar-refractivity contribution in [2.45, 2.75) is 44.9 Å². The number of likely N-dealkylation sites (tertiary alicyclic amines) is 1. The molecule has 0 saturated carbocycles. The van der Waals surface area contributed by atoms with Crippen LogP contribution in [-0.4, -0.2) is 47.8 Å². The zero-order valence-electron chi connectivity index (χ0n) is 12.4. The van der Waals surface area contributed by atoms with Crippen molar-refractivity contribution in [3.63, 3.8) is 0 Å². The lowest BCUT2D eigenvalue weighted by Gasteiger charge is -2.37. The maximum atomic E-state index is 14.4. The molecule has 20 heavy (non-hydrogen) atoms. The van der Waals surface area contributed by atoms with E-state index in [2.05, 4.69) is 11.9 Å². The number of carbonyl (C=O) groups excluding carboxylic acids is 2. The first kappa shape index (κ1) is 16.5. The predicted octanol–water partition coefficient (Wildman–Crippen LogP) is 2.03. The lowest BCUT2D eigenvalue weighted by molar-refractivity contribution is -0.117. The number of hydrogen-bond acceptors (Lipinski definition) is 3. The standard InChI is InChI=1S/C14H23FN2O3/c1-5-11(18)16-10-14(15)6-8-17(9-7-14)12(19)20-13(2,3)4/h5H,1,6-10H2,2-4H3,(H,16,18). The number of ether oxygens (including phenoxy) is 1. The highest BCUT2D eigenvalue weighted by Crippen LogP contribution is 2.26. The van der Waals surface area contributed by atoms with Gasteiger partial charge < -0.3 is 15.0 Å². The van der Waals surface area contributed by atoms with Gasteiger partial charge in [-0.1, -0.05) is 6.58 Å². The molecule has 114 valence electrons. The van der Waals surface area contributed by atoms with Gasteiger partial charge in [0.25, 0.3) is 0 Å². The summed E-state index contributed by atoms with van der Waals surface area (Å²) < 4.78 is 19.7. The Morgan fingerprint density at radius 3 is 2.40 bits per heavy atom. The molecule has 0 aromatic heterocycles.